The molecule has 0 saturated heterocycles. The van der Waals surface area contributed by atoms with Gasteiger partial charge >= 0.3 is 0 Å². The number of benzene rings is 9. The quantitative estimate of drug-likeness (QED) is 0.147. The highest BCUT2D eigenvalue weighted by Gasteiger charge is 2.54. The highest BCUT2D eigenvalue weighted by molar-refractivity contribution is 7.00. The second kappa shape index (κ2) is 13.4. The molecule has 2 atom stereocenters. The Balaban J connectivity index is 1.21. The molecule has 0 bridgehead atoms. The maximum atomic E-state index is 2.79. The van der Waals surface area contributed by atoms with Crippen LogP contribution in [0.25, 0.3) is 88.4 Å². The van der Waals surface area contributed by atoms with Crippen molar-refractivity contribution in [3.63, 3.8) is 0 Å². The summed E-state index contributed by atoms with van der Waals surface area (Å²) in [5.41, 5.74) is 29.3. The normalized spacial score (nSPS) is 15.0. The van der Waals surface area contributed by atoms with Crippen LogP contribution in [0.4, 0.5) is 0 Å². The fraction of sp³-hybridized carbons (Fsp3) is 0.169. The van der Waals surface area contributed by atoms with Gasteiger partial charge in [-0.1, -0.05) is 184 Å². The standard InChI is InChI=1S/C65H51BN2/c1-7-38(5)43-31-48-49-32-44(39(6)8-2)35-54-62(49)68-61(48)53(33-43)65(50-19-13-11-17-46(50)47-18-12-14-20-51(47)65)52-29-30-56-59(63(52)68)66(54)55-34-42-15-9-10-16-45(42)58-57(40-25-21-36(3)22-26-40)60(67(56)64(55)58)41-27-23-37(4)24-28-41/h9-35,38-39H,7-8H2,1-6H3. The number of hydrogen-bond donors (Lipinski definition) is 0. The second-order valence-electron chi connectivity index (χ2n) is 20.8. The van der Waals surface area contributed by atoms with Crippen LogP contribution in [0, 0.1) is 13.8 Å². The van der Waals surface area contributed by atoms with E-state index in [0.29, 0.717) is 11.8 Å². The molecule has 3 aliphatic heterocycles. The number of aromatic nitrogens is 2. The van der Waals surface area contributed by atoms with E-state index >= 15 is 0 Å². The van der Waals surface area contributed by atoms with Gasteiger partial charge in [0.2, 0.25) is 0 Å². The summed E-state index contributed by atoms with van der Waals surface area (Å²) in [5.74, 6) is 0.822. The first-order valence-corrected chi connectivity index (χ1v) is 25.1. The monoisotopic (exact) mass is 870 g/mol. The molecule has 9 aromatic carbocycles. The zero-order valence-electron chi connectivity index (χ0n) is 39.6. The van der Waals surface area contributed by atoms with Gasteiger partial charge in [0.05, 0.1) is 22.1 Å². The molecule has 0 amide bonds. The van der Waals surface area contributed by atoms with Crippen molar-refractivity contribution in [3.05, 3.63) is 208 Å². The zero-order chi connectivity index (χ0) is 45.5. The molecule has 1 spiro atoms. The molecule has 0 saturated carbocycles. The van der Waals surface area contributed by atoms with Crippen LogP contribution in [0.1, 0.15) is 96.9 Å². The summed E-state index contributed by atoms with van der Waals surface area (Å²) in [6.07, 6.45) is 2.17. The van der Waals surface area contributed by atoms with Crippen LogP contribution in [0.15, 0.2) is 164 Å². The van der Waals surface area contributed by atoms with Gasteiger partial charge in [-0.3, -0.25) is 0 Å². The molecule has 11 aromatic rings. The topological polar surface area (TPSA) is 9.86 Å². The Bertz CT molecular complexity index is 4000. The maximum absolute atomic E-state index is 2.79. The van der Waals surface area contributed by atoms with E-state index in [1.165, 1.54) is 149 Å². The van der Waals surface area contributed by atoms with Crippen molar-refractivity contribution in [1.82, 2.24) is 9.13 Å². The number of rotatable bonds is 6. The molecule has 0 radical (unpaired) electrons. The zero-order valence-corrected chi connectivity index (χ0v) is 39.6. The summed E-state index contributed by atoms with van der Waals surface area (Å²) >= 11 is 0. The molecule has 2 nitrogen and oxygen atoms in total. The van der Waals surface area contributed by atoms with Gasteiger partial charge in [0.25, 0.3) is 6.71 Å². The highest BCUT2D eigenvalue weighted by atomic mass is 15.1. The third-order valence-corrected chi connectivity index (χ3v) is 17.4. The van der Waals surface area contributed by atoms with E-state index in [1.807, 2.05) is 0 Å². The van der Waals surface area contributed by atoms with Crippen LogP contribution < -0.4 is 16.4 Å². The van der Waals surface area contributed by atoms with Gasteiger partial charge in [0, 0.05) is 38.6 Å². The van der Waals surface area contributed by atoms with E-state index in [-0.39, 0.29) is 6.71 Å². The van der Waals surface area contributed by atoms with E-state index < -0.39 is 5.41 Å². The van der Waals surface area contributed by atoms with Crippen molar-refractivity contribution in [3.8, 4) is 44.9 Å². The smallest absolute Gasteiger partial charge is 0.252 e. The number of fused-ring (bicyclic) bond motifs is 13. The van der Waals surface area contributed by atoms with Crippen molar-refractivity contribution in [2.24, 2.45) is 0 Å². The van der Waals surface area contributed by atoms with Gasteiger partial charge in [-0.15, -0.1) is 0 Å². The Morgan fingerprint density at radius 2 is 1.09 bits per heavy atom. The van der Waals surface area contributed by atoms with Crippen molar-refractivity contribution in [2.75, 3.05) is 0 Å². The van der Waals surface area contributed by atoms with E-state index in [2.05, 4.69) is 214 Å². The summed E-state index contributed by atoms with van der Waals surface area (Å²) < 4.78 is 5.50. The molecule has 0 N–H and O–H groups in total. The van der Waals surface area contributed by atoms with Gasteiger partial charge in [-0.05, 0) is 140 Å². The van der Waals surface area contributed by atoms with Gasteiger partial charge < -0.3 is 9.13 Å². The molecule has 324 valence electrons. The van der Waals surface area contributed by atoms with Crippen LogP contribution in [0.3, 0.4) is 0 Å². The molecule has 68 heavy (non-hydrogen) atoms. The highest BCUT2D eigenvalue weighted by Crippen LogP contribution is 2.62. The average Bonchev–Trinajstić information content (AvgIpc) is 4.01. The van der Waals surface area contributed by atoms with Crippen molar-refractivity contribution in [2.45, 2.75) is 71.6 Å². The molecule has 5 heterocycles. The first-order valence-electron chi connectivity index (χ1n) is 25.1. The summed E-state index contributed by atoms with van der Waals surface area (Å²) in [4.78, 5) is 0. The molecule has 3 heteroatoms. The number of nitrogens with zero attached hydrogens (tertiary/aromatic N) is 2. The van der Waals surface area contributed by atoms with Crippen molar-refractivity contribution >= 4 is 66.6 Å². The SMILES string of the molecule is CCC(C)c1cc2c3c(c1)c1cc(C(C)CC)cc4c1n3-c1c(ccc3c1B2c1cc2ccccc2c2c(-c5ccc(C)cc5)c(-c5ccc(C)cc5)n-3c12)C41c2ccccc2-c2ccccc21. The van der Waals surface area contributed by atoms with Crippen molar-refractivity contribution in [1.29, 1.82) is 0 Å². The second-order valence-corrected chi connectivity index (χ2v) is 20.8. The maximum Gasteiger partial charge on any atom is 0.252 e. The fourth-order valence-corrected chi connectivity index (χ4v) is 13.8. The van der Waals surface area contributed by atoms with E-state index in [4.69, 9.17) is 0 Å². The lowest BCUT2D eigenvalue weighted by Crippen LogP contribution is -2.60. The Morgan fingerprint density at radius 3 is 1.76 bits per heavy atom. The molecule has 15 rings (SSSR count). The third-order valence-electron chi connectivity index (χ3n) is 17.4. The Kier molecular flexibility index (Phi) is 7.64. The Hall–Kier alpha value is -7.36. The van der Waals surface area contributed by atoms with Gasteiger partial charge in [0.15, 0.2) is 0 Å². The predicted octanol–water partition coefficient (Wildman–Crippen LogP) is 14.7. The van der Waals surface area contributed by atoms with Gasteiger partial charge in [-0.2, -0.15) is 0 Å². The van der Waals surface area contributed by atoms with Crippen LogP contribution in [0.2, 0.25) is 0 Å². The molecular formula is C65H51BN2. The average molecular weight is 871 g/mol. The fourth-order valence-electron chi connectivity index (χ4n) is 13.8. The predicted molar refractivity (Wildman–Crippen MR) is 288 cm³/mol. The van der Waals surface area contributed by atoms with Crippen LogP contribution >= 0.6 is 0 Å². The first-order chi connectivity index (χ1) is 33.3. The van der Waals surface area contributed by atoms with Crippen LogP contribution in [-0.2, 0) is 5.41 Å². The molecule has 4 aliphatic rings. The molecular weight excluding hydrogens is 820 g/mol. The summed E-state index contributed by atoms with van der Waals surface area (Å²) in [7, 11) is 0. The molecule has 1 aliphatic carbocycles. The van der Waals surface area contributed by atoms with Gasteiger partial charge in [-0.25, -0.2) is 0 Å². The lowest BCUT2D eigenvalue weighted by molar-refractivity contribution is 0.717. The largest absolute Gasteiger partial charge is 0.310 e. The molecule has 2 aromatic heterocycles. The summed E-state index contributed by atoms with van der Waals surface area (Å²) in [6, 6.07) is 64.7. The molecule has 2 unspecified atom stereocenters. The van der Waals surface area contributed by atoms with Crippen LogP contribution in [0.5, 0.6) is 0 Å². The minimum absolute atomic E-state index is 0.00837. The summed E-state index contributed by atoms with van der Waals surface area (Å²) in [5, 5.41) is 6.74. The minimum atomic E-state index is -0.520. The summed E-state index contributed by atoms with van der Waals surface area (Å²) in [6.45, 7) is 14.0. The third kappa shape index (κ3) is 4.56. The minimum Gasteiger partial charge on any atom is -0.310 e. The van der Waals surface area contributed by atoms with Crippen molar-refractivity contribution < 1.29 is 0 Å². The van der Waals surface area contributed by atoms with E-state index in [0.717, 1.165) is 12.8 Å². The lowest BCUT2D eigenvalue weighted by atomic mass is 9.33. The number of hydrogen-bond acceptors (Lipinski definition) is 0. The first kappa shape index (κ1) is 38.7. The molecule has 0 fully saturated rings. The lowest BCUT2D eigenvalue weighted by Gasteiger charge is -2.44. The Labute approximate surface area is 398 Å². The van der Waals surface area contributed by atoms with Crippen LogP contribution in [-0.4, -0.2) is 15.8 Å². The number of aryl methyl sites for hydroxylation is 2. The Morgan fingerprint density at radius 1 is 0.500 bits per heavy atom. The van der Waals surface area contributed by atoms with E-state index in [9.17, 15) is 0 Å². The van der Waals surface area contributed by atoms with Gasteiger partial charge in [0.1, 0.15) is 0 Å². The van der Waals surface area contributed by atoms with E-state index in [1.54, 1.807) is 0 Å².